The van der Waals surface area contributed by atoms with Crippen LogP contribution in [0.5, 0.6) is 51.7 Å². The van der Waals surface area contributed by atoms with Crippen molar-refractivity contribution in [3.63, 3.8) is 0 Å². The van der Waals surface area contributed by atoms with Crippen molar-refractivity contribution in [1.29, 1.82) is 0 Å². The topological polar surface area (TPSA) is 139 Å². The fourth-order valence-corrected chi connectivity index (χ4v) is 9.12. The highest BCUT2D eigenvalue weighted by atomic mass is 16.5. The Labute approximate surface area is 408 Å². The summed E-state index contributed by atoms with van der Waals surface area (Å²) in [5.41, 5.74) is 7.92. The number of nitrogens with zero attached hydrogens (tertiary/aromatic N) is 2. The number of benzene rings is 4. The van der Waals surface area contributed by atoms with Gasteiger partial charge in [0.2, 0.25) is 5.75 Å². The Hall–Kier alpha value is -6.32. The van der Waals surface area contributed by atoms with Crippen molar-refractivity contribution in [2.24, 2.45) is 0 Å². The van der Waals surface area contributed by atoms with E-state index < -0.39 is 11.9 Å². The Morgan fingerprint density at radius 1 is 0.638 bits per heavy atom. The van der Waals surface area contributed by atoms with E-state index in [1.807, 2.05) is 31.3 Å². The first kappa shape index (κ1) is 53.6. The highest BCUT2D eigenvalue weighted by Crippen LogP contribution is 2.44. The molecule has 0 N–H and O–H groups in total. The standard InChI is InChI=1S/C54H73N2O13/c1-36(27-37-15-16-44(59-4)45(29-37)60-5)41-34-47(62-7)46(61-6)32-39(41)19-22-55(2)21-13-25-68-51(57)17-18-52(58)69-26-14-23-56(3)24-20-40-33-50(65-10)53(66-11)42(43(40)35-56)28-38-30-48(63-8)54(67-12)49(31-38)64-9/h15-18,29-34,36H,13-14,19-28,35H2,1-12H3/q+1/b18-17-. The lowest BCUT2D eigenvalue weighted by Gasteiger charge is -2.40. The summed E-state index contributed by atoms with van der Waals surface area (Å²) < 4.78 is 62.6. The minimum Gasteiger partial charge on any atom is -0.493 e. The predicted octanol–water partition coefficient (Wildman–Crippen LogP) is 7.80. The molecule has 15 heteroatoms. The second kappa shape index (κ2) is 25.9. The van der Waals surface area contributed by atoms with E-state index in [9.17, 15) is 9.59 Å². The fourth-order valence-electron chi connectivity index (χ4n) is 9.12. The molecule has 0 bridgehead atoms. The van der Waals surface area contributed by atoms with Crippen LogP contribution < -0.4 is 42.6 Å². The molecule has 0 spiro atoms. The Morgan fingerprint density at radius 3 is 1.78 bits per heavy atom. The molecule has 0 fully saturated rings. The summed E-state index contributed by atoms with van der Waals surface area (Å²) in [6.07, 6.45) is 6.50. The van der Waals surface area contributed by atoms with Gasteiger partial charge in [-0.15, -0.1) is 0 Å². The minimum absolute atomic E-state index is 0.177. The lowest BCUT2D eigenvalue weighted by molar-refractivity contribution is -0.924. The molecule has 69 heavy (non-hydrogen) atoms. The maximum absolute atomic E-state index is 12.6. The molecular weight excluding hydrogens is 885 g/mol. The van der Waals surface area contributed by atoms with Crippen molar-refractivity contribution >= 4 is 11.9 Å². The molecule has 4 aromatic carbocycles. The summed E-state index contributed by atoms with van der Waals surface area (Å²) in [5, 5.41) is 0. The van der Waals surface area contributed by atoms with Crippen molar-refractivity contribution in [2.45, 2.75) is 57.9 Å². The zero-order chi connectivity index (χ0) is 50.1. The molecule has 1 heterocycles. The monoisotopic (exact) mass is 958 g/mol. The van der Waals surface area contributed by atoms with E-state index in [0.717, 1.165) is 78.8 Å². The lowest BCUT2D eigenvalue weighted by atomic mass is 9.88. The number of carbonyl (C=O) groups excluding carboxylic acids is 2. The molecule has 0 saturated heterocycles. The van der Waals surface area contributed by atoms with Gasteiger partial charge < -0.3 is 61.5 Å². The van der Waals surface area contributed by atoms with Gasteiger partial charge in [-0.05, 0) is 103 Å². The Balaban J connectivity index is 1.07. The number of fused-ring (bicyclic) bond motifs is 1. The lowest BCUT2D eigenvalue weighted by Crippen LogP contribution is -2.48. The van der Waals surface area contributed by atoms with E-state index in [0.29, 0.717) is 77.6 Å². The van der Waals surface area contributed by atoms with Gasteiger partial charge in [-0.3, -0.25) is 0 Å². The summed E-state index contributed by atoms with van der Waals surface area (Å²) >= 11 is 0. The number of carbonyl (C=O) groups is 2. The minimum atomic E-state index is -0.590. The molecule has 5 rings (SSSR count). The highest BCUT2D eigenvalue weighted by Gasteiger charge is 2.33. The average Bonchev–Trinajstić information content (AvgIpc) is 3.36. The van der Waals surface area contributed by atoms with Gasteiger partial charge in [0.05, 0.1) is 97.3 Å². The first-order valence-electron chi connectivity index (χ1n) is 23.3. The van der Waals surface area contributed by atoms with Crippen molar-refractivity contribution in [3.05, 3.63) is 99.6 Å². The third-order valence-corrected chi connectivity index (χ3v) is 12.8. The third-order valence-electron chi connectivity index (χ3n) is 12.8. The fraction of sp³-hybridized carbons (Fsp3) is 0.481. The molecule has 0 aromatic heterocycles. The molecule has 0 saturated carbocycles. The number of hydrogen-bond acceptors (Lipinski definition) is 14. The van der Waals surface area contributed by atoms with E-state index in [1.54, 1.807) is 64.0 Å². The number of esters is 2. The molecule has 2 unspecified atom stereocenters. The maximum atomic E-state index is 12.6. The van der Waals surface area contributed by atoms with E-state index in [1.165, 1.54) is 22.3 Å². The summed E-state index contributed by atoms with van der Waals surface area (Å²) in [6.45, 7) is 6.57. The molecule has 0 radical (unpaired) electrons. The van der Waals surface area contributed by atoms with Gasteiger partial charge in [0.25, 0.3) is 0 Å². The summed E-state index contributed by atoms with van der Waals surface area (Å²) in [7, 11) is 18.9. The number of hydrogen-bond donors (Lipinski definition) is 0. The van der Waals surface area contributed by atoms with Crippen LogP contribution in [0.15, 0.2) is 60.7 Å². The van der Waals surface area contributed by atoms with Gasteiger partial charge in [-0.25, -0.2) is 9.59 Å². The smallest absolute Gasteiger partial charge is 0.331 e. The van der Waals surface area contributed by atoms with Gasteiger partial charge in [-0.2, -0.15) is 0 Å². The van der Waals surface area contributed by atoms with Gasteiger partial charge in [-0.1, -0.05) is 13.0 Å². The van der Waals surface area contributed by atoms with Crippen LogP contribution >= 0.6 is 0 Å². The molecule has 0 aliphatic carbocycles. The van der Waals surface area contributed by atoms with Crippen molar-refractivity contribution in [1.82, 2.24) is 4.90 Å². The zero-order valence-electron chi connectivity index (χ0n) is 42.7. The van der Waals surface area contributed by atoms with Crippen LogP contribution in [0.1, 0.15) is 64.6 Å². The number of methoxy groups -OCH3 is 9. The van der Waals surface area contributed by atoms with Crippen LogP contribution in [-0.2, 0) is 51.3 Å². The van der Waals surface area contributed by atoms with Crippen molar-refractivity contribution in [2.75, 3.05) is 117 Å². The summed E-state index contributed by atoms with van der Waals surface area (Å²) in [6, 6.07) is 16.1. The van der Waals surface area contributed by atoms with Crippen molar-refractivity contribution < 1.29 is 66.2 Å². The molecule has 376 valence electrons. The van der Waals surface area contributed by atoms with Crippen LogP contribution in [0.25, 0.3) is 0 Å². The first-order valence-corrected chi connectivity index (χ1v) is 23.3. The van der Waals surface area contributed by atoms with Gasteiger partial charge in [0, 0.05) is 55.6 Å². The van der Waals surface area contributed by atoms with Crippen LogP contribution in [0.2, 0.25) is 0 Å². The molecule has 1 aliphatic rings. The van der Waals surface area contributed by atoms with Crippen LogP contribution in [-0.4, -0.2) is 139 Å². The first-order chi connectivity index (χ1) is 33.3. The van der Waals surface area contributed by atoms with Gasteiger partial charge in [0.1, 0.15) is 6.54 Å². The van der Waals surface area contributed by atoms with E-state index in [2.05, 4.69) is 43.1 Å². The number of ether oxygens (including phenoxy) is 11. The van der Waals surface area contributed by atoms with E-state index in [-0.39, 0.29) is 19.1 Å². The Kier molecular flexibility index (Phi) is 20.1. The second-order valence-corrected chi connectivity index (χ2v) is 17.5. The molecular formula is C54H73N2O13+. The number of rotatable bonds is 27. The third kappa shape index (κ3) is 14.1. The van der Waals surface area contributed by atoms with Gasteiger partial charge in [0.15, 0.2) is 46.0 Å². The largest absolute Gasteiger partial charge is 0.493 e. The second-order valence-electron chi connectivity index (χ2n) is 17.5. The number of likely N-dealkylation sites (N-methyl/N-ethyl adjacent to an activating group) is 2. The quantitative estimate of drug-likeness (QED) is 0.0249. The molecule has 4 aromatic rings. The van der Waals surface area contributed by atoms with Crippen LogP contribution in [0, 0.1) is 0 Å². The normalized spacial score (nSPS) is 14.7. The summed E-state index contributed by atoms with van der Waals surface area (Å²) in [5.74, 6) is 4.83. The Morgan fingerprint density at radius 2 is 1.19 bits per heavy atom. The zero-order valence-corrected chi connectivity index (χ0v) is 42.7. The Bertz CT molecular complexity index is 2360. The molecule has 15 nitrogen and oxygen atoms in total. The average molecular weight is 958 g/mol. The van der Waals surface area contributed by atoms with Crippen LogP contribution in [0.4, 0.5) is 0 Å². The van der Waals surface area contributed by atoms with E-state index in [4.69, 9.17) is 52.1 Å². The molecule has 0 amide bonds. The number of quaternary nitrogens is 1. The van der Waals surface area contributed by atoms with Crippen molar-refractivity contribution in [3.8, 4) is 51.7 Å². The summed E-state index contributed by atoms with van der Waals surface area (Å²) in [4.78, 5) is 27.3. The highest BCUT2D eigenvalue weighted by molar-refractivity contribution is 5.91. The molecule has 1 aliphatic heterocycles. The predicted molar refractivity (Wildman–Crippen MR) is 264 cm³/mol. The molecule has 2 atom stereocenters. The van der Waals surface area contributed by atoms with E-state index >= 15 is 0 Å². The van der Waals surface area contributed by atoms with Crippen LogP contribution in [0.3, 0.4) is 0 Å². The van der Waals surface area contributed by atoms with Gasteiger partial charge >= 0.3 is 11.9 Å². The maximum Gasteiger partial charge on any atom is 0.331 e. The SMILES string of the molecule is COc1ccc(CC(C)c2cc(OC)c(OC)cc2CCN(C)CCCOC(=O)/C=C\C(=O)OCCC[N+]2(C)CCc3cc(OC)c(OC)c(Cc4cc(OC)c(OC)c(OC)c4)c3C2)cc1OC.